The van der Waals surface area contributed by atoms with Crippen molar-refractivity contribution in [3.63, 3.8) is 0 Å². The number of carbonyl (C=O) groups is 2. The van der Waals surface area contributed by atoms with Crippen LogP contribution in [0.3, 0.4) is 0 Å². The van der Waals surface area contributed by atoms with Gasteiger partial charge in [-0.3, -0.25) is 9.59 Å². The Morgan fingerprint density at radius 3 is 2.93 bits per heavy atom. The van der Waals surface area contributed by atoms with E-state index in [2.05, 4.69) is 10.6 Å². The Morgan fingerprint density at radius 1 is 1.73 bits per heavy atom. The van der Waals surface area contributed by atoms with Crippen LogP contribution in [0.15, 0.2) is 0 Å². The van der Waals surface area contributed by atoms with Crippen LogP contribution in [0.25, 0.3) is 0 Å². The van der Waals surface area contributed by atoms with Gasteiger partial charge in [-0.2, -0.15) is 5.26 Å². The fourth-order valence-electron chi connectivity index (χ4n) is 2.17. The number of carbonyl (C=O) groups excluding carboxylic acids is 2. The molecule has 15 heavy (non-hydrogen) atoms. The third kappa shape index (κ3) is 1.94. The molecule has 5 heteroatoms. The molecule has 1 saturated heterocycles. The molecule has 0 aromatic rings. The van der Waals surface area contributed by atoms with Gasteiger partial charge in [0.15, 0.2) is 0 Å². The van der Waals surface area contributed by atoms with E-state index >= 15 is 0 Å². The summed E-state index contributed by atoms with van der Waals surface area (Å²) in [5.74, 6) is -0.0925. The molecule has 2 amide bonds. The molecule has 0 unspecified atom stereocenters. The molecule has 5 nitrogen and oxygen atoms in total. The Bertz CT molecular complexity index is 330. The van der Waals surface area contributed by atoms with E-state index in [-0.39, 0.29) is 17.4 Å². The molecular weight excluding hydrogens is 194 g/mol. The van der Waals surface area contributed by atoms with Gasteiger partial charge in [0, 0.05) is 11.5 Å². The summed E-state index contributed by atoms with van der Waals surface area (Å²) in [5, 5.41) is 14.1. The molecule has 80 valence electrons. The predicted octanol–water partition coefficient (Wildman–Crippen LogP) is -0.317. The lowest BCUT2D eigenvalue weighted by atomic mass is 9.96. The van der Waals surface area contributed by atoms with E-state index in [0.717, 1.165) is 19.3 Å². The highest BCUT2D eigenvalue weighted by atomic mass is 16.2. The summed E-state index contributed by atoms with van der Waals surface area (Å²) in [6, 6.07) is 1.43. The molecule has 1 aliphatic carbocycles. The van der Waals surface area contributed by atoms with Gasteiger partial charge in [-0.25, -0.2) is 0 Å². The summed E-state index contributed by atoms with van der Waals surface area (Å²) in [6.45, 7) is 0. The number of hydrogen-bond acceptors (Lipinski definition) is 3. The van der Waals surface area contributed by atoms with Crippen molar-refractivity contribution in [2.75, 3.05) is 0 Å². The zero-order valence-electron chi connectivity index (χ0n) is 8.32. The summed E-state index contributed by atoms with van der Waals surface area (Å²) < 4.78 is 0. The van der Waals surface area contributed by atoms with Crippen molar-refractivity contribution in [1.29, 1.82) is 5.26 Å². The minimum absolute atomic E-state index is 0.0282. The molecule has 0 aromatic carbocycles. The molecule has 1 saturated carbocycles. The van der Waals surface area contributed by atoms with Crippen LogP contribution < -0.4 is 10.6 Å². The smallest absolute Gasteiger partial charge is 0.223 e. The van der Waals surface area contributed by atoms with Gasteiger partial charge < -0.3 is 10.6 Å². The largest absolute Gasteiger partial charge is 0.350 e. The standard InChI is InChI=1S/C10H13N3O2/c11-5-8(12-6-14)3-7-4-10(1-2-10)13-9(7)15/h6-8H,1-4H2,(H,12,14)(H,13,15)/t7-,8+/m1/s1. The first-order chi connectivity index (χ1) is 7.19. The van der Waals surface area contributed by atoms with Gasteiger partial charge in [-0.1, -0.05) is 0 Å². The Labute approximate surface area is 87.8 Å². The average Bonchev–Trinajstić information content (AvgIpc) is 2.87. The first kappa shape index (κ1) is 9.97. The van der Waals surface area contributed by atoms with Crippen LogP contribution in [-0.4, -0.2) is 23.9 Å². The summed E-state index contributed by atoms with van der Waals surface area (Å²) in [6.07, 6.45) is 3.84. The molecule has 1 spiro atoms. The molecule has 1 heterocycles. The van der Waals surface area contributed by atoms with Crippen LogP contribution >= 0.6 is 0 Å². The fourth-order valence-corrected chi connectivity index (χ4v) is 2.17. The zero-order chi connectivity index (χ0) is 10.9. The number of rotatable bonds is 4. The fraction of sp³-hybridized carbons (Fsp3) is 0.700. The van der Waals surface area contributed by atoms with Crippen LogP contribution in [-0.2, 0) is 9.59 Å². The molecule has 0 radical (unpaired) electrons. The quantitative estimate of drug-likeness (QED) is 0.620. The molecule has 0 bridgehead atoms. The van der Waals surface area contributed by atoms with Crippen LogP contribution in [0.5, 0.6) is 0 Å². The highest BCUT2D eigenvalue weighted by Gasteiger charge is 2.52. The maximum atomic E-state index is 11.5. The normalized spacial score (nSPS) is 27.9. The number of nitrogens with one attached hydrogen (secondary N) is 2. The minimum atomic E-state index is -0.549. The van der Waals surface area contributed by atoms with Gasteiger partial charge in [0.2, 0.25) is 12.3 Å². The lowest BCUT2D eigenvalue weighted by molar-refractivity contribution is -0.123. The summed E-state index contributed by atoms with van der Waals surface area (Å²) >= 11 is 0. The summed E-state index contributed by atoms with van der Waals surface area (Å²) in [7, 11) is 0. The van der Waals surface area contributed by atoms with Crippen molar-refractivity contribution in [2.24, 2.45) is 5.92 Å². The first-order valence-electron chi connectivity index (χ1n) is 5.10. The summed E-state index contributed by atoms with van der Waals surface area (Å²) in [4.78, 5) is 21.8. The van der Waals surface area contributed by atoms with E-state index in [1.807, 2.05) is 6.07 Å². The predicted molar refractivity (Wildman–Crippen MR) is 51.4 cm³/mol. The summed E-state index contributed by atoms with van der Waals surface area (Å²) in [5.41, 5.74) is 0.0446. The van der Waals surface area contributed by atoms with Gasteiger partial charge >= 0.3 is 0 Å². The monoisotopic (exact) mass is 207 g/mol. The third-order valence-electron chi connectivity index (χ3n) is 3.20. The van der Waals surface area contributed by atoms with Gasteiger partial charge in [0.25, 0.3) is 0 Å². The van der Waals surface area contributed by atoms with Crippen LogP contribution in [0.2, 0.25) is 0 Å². The van der Waals surface area contributed by atoms with Crippen molar-refractivity contribution >= 4 is 12.3 Å². The van der Waals surface area contributed by atoms with E-state index in [0.29, 0.717) is 12.8 Å². The second kappa shape index (κ2) is 3.54. The average molecular weight is 207 g/mol. The molecule has 0 aromatic heterocycles. The van der Waals surface area contributed by atoms with E-state index in [9.17, 15) is 9.59 Å². The van der Waals surface area contributed by atoms with Crippen molar-refractivity contribution < 1.29 is 9.59 Å². The zero-order valence-corrected chi connectivity index (χ0v) is 8.32. The highest BCUT2D eigenvalue weighted by Crippen LogP contribution is 2.46. The number of hydrogen-bond donors (Lipinski definition) is 2. The number of nitriles is 1. The van der Waals surface area contributed by atoms with Crippen LogP contribution in [0, 0.1) is 17.2 Å². The topological polar surface area (TPSA) is 82.0 Å². The first-order valence-corrected chi connectivity index (χ1v) is 5.10. The molecule has 2 rings (SSSR count). The SMILES string of the molecule is N#C[C@H](C[C@@H]1CC2(CC2)NC1=O)NC=O. The molecule has 2 fully saturated rings. The molecule has 1 aliphatic heterocycles. The van der Waals surface area contributed by atoms with Gasteiger partial charge in [0.05, 0.1) is 6.07 Å². The number of amides is 2. The third-order valence-corrected chi connectivity index (χ3v) is 3.20. The number of nitrogens with zero attached hydrogens (tertiary/aromatic N) is 1. The molecule has 2 N–H and O–H groups in total. The Hall–Kier alpha value is -1.57. The lowest BCUT2D eigenvalue weighted by Crippen LogP contribution is -2.31. The van der Waals surface area contributed by atoms with Gasteiger partial charge in [0.1, 0.15) is 6.04 Å². The molecule has 2 aliphatic rings. The van der Waals surface area contributed by atoms with Crippen LogP contribution in [0.1, 0.15) is 25.7 Å². The second-order valence-electron chi connectivity index (χ2n) is 4.37. The van der Waals surface area contributed by atoms with Gasteiger partial charge in [-0.15, -0.1) is 0 Å². The van der Waals surface area contributed by atoms with E-state index < -0.39 is 6.04 Å². The van der Waals surface area contributed by atoms with Crippen molar-refractivity contribution in [3.8, 4) is 6.07 Å². The van der Waals surface area contributed by atoms with E-state index in [1.54, 1.807) is 0 Å². The molecular formula is C10H13N3O2. The van der Waals surface area contributed by atoms with Crippen molar-refractivity contribution in [1.82, 2.24) is 10.6 Å². The Morgan fingerprint density at radius 2 is 2.47 bits per heavy atom. The van der Waals surface area contributed by atoms with Crippen LogP contribution in [0.4, 0.5) is 0 Å². The maximum absolute atomic E-state index is 11.5. The highest BCUT2D eigenvalue weighted by molar-refractivity contribution is 5.83. The van der Waals surface area contributed by atoms with E-state index in [4.69, 9.17) is 5.26 Å². The van der Waals surface area contributed by atoms with E-state index in [1.165, 1.54) is 0 Å². The van der Waals surface area contributed by atoms with Crippen molar-refractivity contribution in [3.05, 3.63) is 0 Å². The Balaban J connectivity index is 1.91. The minimum Gasteiger partial charge on any atom is -0.350 e. The lowest BCUT2D eigenvalue weighted by Gasteiger charge is -2.11. The van der Waals surface area contributed by atoms with Crippen molar-refractivity contribution in [2.45, 2.75) is 37.3 Å². The second-order valence-corrected chi connectivity index (χ2v) is 4.37. The Kier molecular flexibility index (Phi) is 2.35. The molecule has 2 atom stereocenters. The maximum Gasteiger partial charge on any atom is 0.223 e. The van der Waals surface area contributed by atoms with Gasteiger partial charge in [-0.05, 0) is 25.7 Å².